The highest BCUT2D eigenvalue weighted by Gasteiger charge is 2.47. The topological polar surface area (TPSA) is 102 Å². The molecule has 0 unspecified atom stereocenters. The third-order valence-corrected chi connectivity index (χ3v) is 5.74. The first-order valence-corrected chi connectivity index (χ1v) is 9.13. The summed E-state index contributed by atoms with van der Waals surface area (Å²) in [6.07, 6.45) is 1.25. The minimum atomic E-state index is -0.500. The molecule has 2 saturated heterocycles. The molecule has 4 rings (SSSR count). The average Bonchev–Trinajstić information content (AvgIpc) is 3.17. The summed E-state index contributed by atoms with van der Waals surface area (Å²) in [6, 6.07) is 8.39. The Morgan fingerprint density at radius 2 is 1.89 bits per heavy atom. The summed E-state index contributed by atoms with van der Waals surface area (Å²) in [6.45, 7) is 2.57. The van der Waals surface area contributed by atoms with E-state index in [0.717, 1.165) is 12.1 Å². The minimum absolute atomic E-state index is 0.0690. The van der Waals surface area contributed by atoms with Gasteiger partial charge in [0, 0.05) is 31.7 Å². The van der Waals surface area contributed by atoms with E-state index in [1.165, 1.54) is 0 Å². The standard InChI is InChI=1S/C19H23N5O3/c1-23-11-8-20-18(27)19(23)6-9-24(10-7-19)17(26)16-12-15(21-22-16)13-2-4-14(25)5-3-13/h2-5,12,25H,6-11H2,1H3,(H,20,27)(H,21,22). The van der Waals surface area contributed by atoms with Gasteiger partial charge in [-0.15, -0.1) is 0 Å². The molecule has 142 valence electrons. The SMILES string of the molecule is CN1CCNC(=O)C12CCN(C(=O)c1cc(-c3ccc(O)cc3)n[nH]1)CC2. The van der Waals surface area contributed by atoms with Crippen LogP contribution in [0.15, 0.2) is 30.3 Å². The third kappa shape index (κ3) is 3.06. The van der Waals surface area contributed by atoms with Crippen molar-refractivity contribution in [1.82, 2.24) is 25.3 Å². The van der Waals surface area contributed by atoms with E-state index in [1.807, 2.05) is 7.05 Å². The first-order chi connectivity index (χ1) is 13.0. The van der Waals surface area contributed by atoms with E-state index in [2.05, 4.69) is 20.4 Å². The Kier molecular flexibility index (Phi) is 4.35. The van der Waals surface area contributed by atoms with Crippen LogP contribution >= 0.6 is 0 Å². The van der Waals surface area contributed by atoms with Crippen molar-refractivity contribution in [2.45, 2.75) is 18.4 Å². The fraction of sp³-hybridized carbons (Fsp3) is 0.421. The molecule has 0 radical (unpaired) electrons. The van der Waals surface area contributed by atoms with E-state index in [9.17, 15) is 14.7 Å². The van der Waals surface area contributed by atoms with Crippen molar-refractivity contribution < 1.29 is 14.7 Å². The van der Waals surface area contributed by atoms with Crippen LogP contribution in [-0.2, 0) is 4.79 Å². The number of piperidine rings is 1. The second-order valence-corrected chi connectivity index (χ2v) is 7.21. The summed E-state index contributed by atoms with van der Waals surface area (Å²) in [7, 11) is 1.98. The smallest absolute Gasteiger partial charge is 0.271 e. The van der Waals surface area contributed by atoms with Gasteiger partial charge in [0.2, 0.25) is 5.91 Å². The van der Waals surface area contributed by atoms with Crippen LogP contribution in [-0.4, -0.2) is 75.7 Å². The number of carbonyl (C=O) groups excluding carboxylic acids is 2. The van der Waals surface area contributed by atoms with Crippen molar-refractivity contribution in [2.75, 3.05) is 33.2 Å². The van der Waals surface area contributed by atoms with Crippen LogP contribution in [0.4, 0.5) is 0 Å². The minimum Gasteiger partial charge on any atom is -0.508 e. The number of likely N-dealkylation sites (N-methyl/N-ethyl adjacent to an activating group) is 1. The summed E-state index contributed by atoms with van der Waals surface area (Å²) in [4.78, 5) is 29.1. The zero-order chi connectivity index (χ0) is 19.0. The normalized spacial score (nSPS) is 19.9. The van der Waals surface area contributed by atoms with Crippen molar-refractivity contribution in [1.29, 1.82) is 0 Å². The van der Waals surface area contributed by atoms with Crippen molar-refractivity contribution >= 4 is 11.8 Å². The molecule has 0 atom stereocenters. The van der Waals surface area contributed by atoms with Crippen LogP contribution in [0.2, 0.25) is 0 Å². The van der Waals surface area contributed by atoms with E-state index in [1.54, 1.807) is 35.2 Å². The maximum Gasteiger partial charge on any atom is 0.271 e. The molecule has 2 fully saturated rings. The number of aromatic amines is 1. The average molecular weight is 369 g/mol. The number of carbonyl (C=O) groups is 2. The van der Waals surface area contributed by atoms with Gasteiger partial charge in [-0.2, -0.15) is 5.10 Å². The van der Waals surface area contributed by atoms with Crippen LogP contribution in [0.5, 0.6) is 5.75 Å². The molecular weight excluding hydrogens is 346 g/mol. The fourth-order valence-corrected chi connectivity index (χ4v) is 3.96. The summed E-state index contributed by atoms with van der Waals surface area (Å²) in [5.41, 5.74) is 1.40. The molecule has 1 aromatic heterocycles. The van der Waals surface area contributed by atoms with E-state index in [4.69, 9.17) is 0 Å². The zero-order valence-electron chi connectivity index (χ0n) is 15.2. The Morgan fingerprint density at radius 3 is 2.56 bits per heavy atom. The first kappa shape index (κ1) is 17.5. The molecule has 2 aliphatic rings. The van der Waals surface area contributed by atoms with E-state index in [-0.39, 0.29) is 17.6 Å². The number of rotatable bonds is 2. The van der Waals surface area contributed by atoms with Crippen LogP contribution in [0.25, 0.3) is 11.3 Å². The summed E-state index contributed by atoms with van der Waals surface area (Å²) < 4.78 is 0. The first-order valence-electron chi connectivity index (χ1n) is 9.13. The third-order valence-electron chi connectivity index (χ3n) is 5.74. The van der Waals surface area contributed by atoms with Crippen molar-refractivity contribution in [3.05, 3.63) is 36.0 Å². The summed E-state index contributed by atoms with van der Waals surface area (Å²) >= 11 is 0. The Labute approximate surface area is 157 Å². The Bertz CT molecular complexity index is 852. The monoisotopic (exact) mass is 369 g/mol. The van der Waals surface area contributed by atoms with Crippen LogP contribution < -0.4 is 5.32 Å². The molecule has 1 aromatic carbocycles. The number of piperazine rings is 1. The predicted octanol–water partition coefficient (Wildman–Crippen LogP) is 0.819. The van der Waals surface area contributed by atoms with Crippen molar-refractivity contribution in [3.63, 3.8) is 0 Å². The number of nitrogens with zero attached hydrogens (tertiary/aromatic N) is 3. The van der Waals surface area contributed by atoms with Gasteiger partial charge in [-0.25, -0.2) is 0 Å². The maximum absolute atomic E-state index is 12.8. The number of hydrogen-bond acceptors (Lipinski definition) is 5. The number of hydrogen-bond donors (Lipinski definition) is 3. The van der Waals surface area contributed by atoms with Crippen LogP contribution in [0.3, 0.4) is 0 Å². The molecule has 1 spiro atoms. The lowest BCUT2D eigenvalue weighted by atomic mass is 9.83. The molecule has 2 aliphatic heterocycles. The second kappa shape index (κ2) is 6.70. The highest BCUT2D eigenvalue weighted by Crippen LogP contribution is 2.30. The number of H-pyrrole nitrogens is 1. The number of nitrogens with one attached hydrogen (secondary N) is 2. The quantitative estimate of drug-likeness (QED) is 0.727. The largest absolute Gasteiger partial charge is 0.508 e. The summed E-state index contributed by atoms with van der Waals surface area (Å²) in [5, 5.41) is 19.4. The van der Waals surface area contributed by atoms with E-state index >= 15 is 0 Å². The predicted molar refractivity (Wildman–Crippen MR) is 99.2 cm³/mol. The molecular formula is C19H23N5O3. The molecule has 3 heterocycles. The van der Waals surface area contributed by atoms with Gasteiger partial charge in [-0.3, -0.25) is 19.6 Å². The van der Waals surface area contributed by atoms with Gasteiger partial charge in [0.15, 0.2) is 0 Å². The number of benzene rings is 1. The molecule has 8 nitrogen and oxygen atoms in total. The number of likely N-dealkylation sites (tertiary alicyclic amines) is 1. The van der Waals surface area contributed by atoms with Crippen LogP contribution in [0, 0.1) is 0 Å². The lowest BCUT2D eigenvalue weighted by Gasteiger charge is -2.48. The van der Waals surface area contributed by atoms with Crippen LogP contribution in [0.1, 0.15) is 23.3 Å². The number of aromatic nitrogens is 2. The zero-order valence-corrected chi connectivity index (χ0v) is 15.2. The molecule has 0 saturated carbocycles. The van der Waals surface area contributed by atoms with Gasteiger partial charge in [0.1, 0.15) is 17.0 Å². The van der Waals surface area contributed by atoms with Gasteiger partial charge in [0.05, 0.1) is 5.69 Å². The Morgan fingerprint density at radius 1 is 1.19 bits per heavy atom. The molecule has 0 aliphatic carbocycles. The lowest BCUT2D eigenvalue weighted by molar-refractivity contribution is -0.139. The van der Waals surface area contributed by atoms with Gasteiger partial charge in [0.25, 0.3) is 5.91 Å². The molecule has 8 heteroatoms. The summed E-state index contributed by atoms with van der Waals surface area (Å²) in [5.74, 6) is 0.144. The number of phenolic OH excluding ortho intramolecular Hbond substituents is 1. The van der Waals surface area contributed by atoms with E-state index in [0.29, 0.717) is 43.9 Å². The molecule has 2 aromatic rings. The van der Waals surface area contributed by atoms with Crippen molar-refractivity contribution in [2.24, 2.45) is 0 Å². The Hall–Kier alpha value is -2.87. The maximum atomic E-state index is 12.8. The van der Waals surface area contributed by atoms with Gasteiger partial charge >= 0.3 is 0 Å². The number of amides is 2. The number of phenols is 1. The lowest BCUT2D eigenvalue weighted by Crippen LogP contribution is -2.67. The van der Waals surface area contributed by atoms with Crippen molar-refractivity contribution in [3.8, 4) is 17.0 Å². The van der Waals surface area contributed by atoms with Gasteiger partial charge in [-0.1, -0.05) is 0 Å². The van der Waals surface area contributed by atoms with Gasteiger partial charge < -0.3 is 15.3 Å². The molecule has 0 bridgehead atoms. The highest BCUT2D eigenvalue weighted by atomic mass is 16.3. The molecule has 3 N–H and O–H groups in total. The molecule has 27 heavy (non-hydrogen) atoms. The number of aromatic hydroxyl groups is 1. The van der Waals surface area contributed by atoms with Gasteiger partial charge in [-0.05, 0) is 50.2 Å². The Balaban J connectivity index is 1.45. The molecule has 2 amide bonds. The second-order valence-electron chi connectivity index (χ2n) is 7.21. The van der Waals surface area contributed by atoms with E-state index < -0.39 is 5.54 Å². The highest BCUT2D eigenvalue weighted by molar-refractivity contribution is 5.94. The fourth-order valence-electron chi connectivity index (χ4n) is 3.96.